The first kappa shape index (κ1) is 60.9. The Hall–Kier alpha value is -3.08. The molecule has 3 atom stereocenters. The van der Waals surface area contributed by atoms with Gasteiger partial charge in [0.15, 0.2) is 6.10 Å². The van der Waals surface area contributed by atoms with E-state index in [9.17, 15) is 28.9 Å². The number of phosphoric acid groups is 1. The van der Waals surface area contributed by atoms with Crippen LogP contribution in [0.5, 0.6) is 0 Å². The minimum Gasteiger partial charge on any atom is -0.462 e. The number of aliphatic hydroxyl groups excluding tert-OH is 1. The Balaban J connectivity index is 4.83. The van der Waals surface area contributed by atoms with Gasteiger partial charge < -0.3 is 24.2 Å². The summed E-state index contributed by atoms with van der Waals surface area (Å²) in [4.78, 5) is 48.1. The number of carbonyl (C=O) groups is 3. The summed E-state index contributed by atoms with van der Waals surface area (Å²) in [6.07, 6.45) is 49.0. The first-order valence-electron chi connectivity index (χ1n) is 24.8. The van der Waals surface area contributed by atoms with Gasteiger partial charge in [-0.2, -0.15) is 0 Å². The van der Waals surface area contributed by atoms with Gasteiger partial charge in [0.1, 0.15) is 12.7 Å². The fourth-order valence-electron chi connectivity index (χ4n) is 6.31. The van der Waals surface area contributed by atoms with Crippen LogP contribution < -0.4 is 0 Å². The molecule has 0 radical (unpaired) electrons. The van der Waals surface area contributed by atoms with Gasteiger partial charge >= 0.3 is 25.7 Å². The lowest BCUT2D eigenvalue weighted by atomic mass is 10.1. The molecule has 0 amide bonds. The Morgan fingerprint density at radius 3 is 1.36 bits per heavy atom. The fraction of sp³-hybridized carbons (Fsp3) is 0.712. The predicted molar refractivity (Wildman–Crippen MR) is 261 cm³/mol. The van der Waals surface area contributed by atoms with Gasteiger partial charge in [0.05, 0.1) is 19.8 Å². The highest BCUT2D eigenvalue weighted by Crippen LogP contribution is 2.43. The van der Waals surface area contributed by atoms with Crippen LogP contribution in [0.4, 0.5) is 0 Å². The third kappa shape index (κ3) is 44.1. The van der Waals surface area contributed by atoms with E-state index in [1.807, 2.05) is 6.08 Å². The molecule has 0 fully saturated rings. The van der Waals surface area contributed by atoms with Gasteiger partial charge in [-0.05, 0) is 77.0 Å². The lowest BCUT2D eigenvalue weighted by molar-refractivity contribution is -0.161. The van der Waals surface area contributed by atoms with Crippen LogP contribution >= 0.6 is 7.82 Å². The van der Waals surface area contributed by atoms with Crippen LogP contribution in [0.25, 0.3) is 0 Å². The smallest absolute Gasteiger partial charge is 0.462 e. The van der Waals surface area contributed by atoms with Crippen LogP contribution in [0.3, 0.4) is 0 Å². The van der Waals surface area contributed by atoms with E-state index < -0.39 is 57.8 Å². The van der Waals surface area contributed by atoms with E-state index in [1.165, 1.54) is 44.9 Å². The van der Waals surface area contributed by atoms with Crippen LogP contribution in [0.1, 0.15) is 201 Å². The number of aliphatic hydroxyl groups is 1. The standard InChI is InChI=1S/C52H89O11P/c1-4-7-10-13-16-19-21-22-23-24-25-26-28-30-32-35-38-41-50(54)59-45-49(63-52(56)43-40-37-34-31-27-20-17-14-11-8-5-2)47-61-64(57,58)60-46-48(44-53)62-51(55)42-39-36-33-29-18-15-12-9-6-3/h7,10,14,16-17,19,22-23,25-26,30,32,48-49,53H,4-6,8-9,11-13,15,18,20-21,24,27-29,31,33-47H2,1-3H3,(H,57,58)/b10-7-,17-14-,19-16-,23-22-,26-25-,32-30-. The number of hydrogen-bond donors (Lipinski definition) is 2. The maximum absolute atomic E-state index is 12.8. The van der Waals surface area contributed by atoms with Gasteiger partial charge in [-0.25, -0.2) is 4.57 Å². The average molecular weight is 921 g/mol. The Kier molecular flexibility index (Phi) is 44.2. The molecule has 0 aliphatic rings. The van der Waals surface area contributed by atoms with Crippen molar-refractivity contribution in [1.29, 1.82) is 0 Å². The van der Waals surface area contributed by atoms with Crippen molar-refractivity contribution in [1.82, 2.24) is 0 Å². The molecule has 64 heavy (non-hydrogen) atoms. The van der Waals surface area contributed by atoms with E-state index in [0.717, 1.165) is 89.9 Å². The van der Waals surface area contributed by atoms with Gasteiger partial charge in [0, 0.05) is 19.3 Å². The molecule has 0 bridgehead atoms. The largest absolute Gasteiger partial charge is 0.472 e. The minimum absolute atomic E-state index is 0.143. The van der Waals surface area contributed by atoms with Gasteiger partial charge in [0.25, 0.3) is 0 Å². The second kappa shape index (κ2) is 46.4. The summed E-state index contributed by atoms with van der Waals surface area (Å²) < 4.78 is 39.1. The van der Waals surface area contributed by atoms with Crippen LogP contribution in [0.2, 0.25) is 0 Å². The monoisotopic (exact) mass is 921 g/mol. The summed E-state index contributed by atoms with van der Waals surface area (Å²) in [5.41, 5.74) is 0. The van der Waals surface area contributed by atoms with E-state index >= 15 is 0 Å². The summed E-state index contributed by atoms with van der Waals surface area (Å²) in [6.45, 7) is 4.36. The number of ether oxygens (including phenoxy) is 3. The first-order valence-corrected chi connectivity index (χ1v) is 26.3. The molecule has 0 aliphatic heterocycles. The Bertz CT molecular complexity index is 1350. The molecular formula is C52H89O11P. The molecule has 0 aromatic carbocycles. The van der Waals surface area contributed by atoms with Crippen LogP contribution in [0.15, 0.2) is 72.9 Å². The van der Waals surface area contributed by atoms with Crippen molar-refractivity contribution < 1.29 is 52.2 Å². The van der Waals surface area contributed by atoms with Gasteiger partial charge in [0.2, 0.25) is 0 Å². The molecule has 368 valence electrons. The molecule has 0 aromatic heterocycles. The maximum atomic E-state index is 12.8. The minimum atomic E-state index is -4.75. The lowest BCUT2D eigenvalue weighted by Crippen LogP contribution is -2.30. The SMILES string of the molecule is CC/C=C\C/C=C\C/C=C\C/C=C\C/C=C\CCCC(=O)OCC(COP(=O)(O)OCC(CO)OC(=O)CCCCCCCCCCC)OC(=O)CCCCCCC/C=C\CCCC. The fourth-order valence-corrected chi connectivity index (χ4v) is 7.10. The van der Waals surface area contributed by atoms with E-state index in [0.29, 0.717) is 25.7 Å². The van der Waals surface area contributed by atoms with Crippen molar-refractivity contribution in [3.63, 3.8) is 0 Å². The Morgan fingerprint density at radius 1 is 0.453 bits per heavy atom. The molecule has 0 rings (SSSR count). The van der Waals surface area contributed by atoms with Crippen molar-refractivity contribution in [3.8, 4) is 0 Å². The molecule has 0 spiro atoms. The molecular weight excluding hydrogens is 832 g/mol. The van der Waals surface area contributed by atoms with Crippen molar-refractivity contribution >= 4 is 25.7 Å². The number of hydrogen-bond acceptors (Lipinski definition) is 10. The summed E-state index contributed by atoms with van der Waals surface area (Å²) in [7, 11) is -4.75. The van der Waals surface area contributed by atoms with Crippen molar-refractivity contribution in [2.75, 3.05) is 26.4 Å². The van der Waals surface area contributed by atoms with Crippen molar-refractivity contribution in [3.05, 3.63) is 72.9 Å². The van der Waals surface area contributed by atoms with E-state index in [1.54, 1.807) is 0 Å². The molecule has 11 nitrogen and oxygen atoms in total. The highest BCUT2D eigenvalue weighted by atomic mass is 31.2. The molecule has 12 heteroatoms. The van der Waals surface area contributed by atoms with Crippen LogP contribution in [-0.4, -0.2) is 66.5 Å². The second-order valence-corrected chi connectivity index (χ2v) is 17.7. The summed E-state index contributed by atoms with van der Waals surface area (Å²) in [6, 6.07) is 0. The second-order valence-electron chi connectivity index (χ2n) is 16.2. The lowest BCUT2D eigenvalue weighted by Gasteiger charge is -2.21. The molecule has 2 N–H and O–H groups in total. The van der Waals surface area contributed by atoms with E-state index in [4.69, 9.17) is 23.3 Å². The zero-order valence-corrected chi connectivity index (χ0v) is 41.1. The number of carbonyl (C=O) groups excluding carboxylic acids is 3. The number of rotatable bonds is 45. The molecule has 0 aliphatic carbocycles. The predicted octanol–water partition coefficient (Wildman–Crippen LogP) is 13.8. The molecule has 0 saturated carbocycles. The number of allylic oxidation sites excluding steroid dienone is 12. The number of phosphoric ester groups is 1. The van der Waals surface area contributed by atoms with Crippen molar-refractivity contribution in [2.24, 2.45) is 0 Å². The molecule has 0 saturated heterocycles. The summed E-state index contributed by atoms with van der Waals surface area (Å²) >= 11 is 0. The highest BCUT2D eigenvalue weighted by Gasteiger charge is 2.28. The Morgan fingerprint density at radius 2 is 0.844 bits per heavy atom. The van der Waals surface area contributed by atoms with E-state index in [2.05, 4.69) is 87.6 Å². The van der Waals surface area contributed by atoms with Gasteiger partial charge in [-0.15, -0.1) is 0 Å². The van der Waals surface area contributed by atoms with E-state index in [-0.39, 0.29) is 25.9 Å². The summed E-state index contributed by atoms with van der Waals surface area (Å²) in [5.74, 6) is -1.55. The van der Waals surface area contributed by atoms with Crippen LogP contribution in [0, 0.1) is 0 Å². The maximum Gasteiger partial charge on any atom is 0.472 e. The normalized spacial score (nSPS) is 14.1. The molecule has 0 heterocycles. The van der Waals surface area contributed by atoms with Crippen LogP contribution in [-0.2, 0) is 42.2 Å². The highest BCUT2D eigenvalue weighted by molar-refractivity contribution is 7.47. The molecule has 3 unspecified atom stereocenters. The Labute approximate surface area is 388 Å². The third-order valence-electron chi connectivity index (χ3n) is 10.1. The topological polar surface area (TPSA) is 155 Å². The number of unbranched alkanes of at least 4 members (excludes halogenated alkanes) is 16. The van der Waals surface area contributed by atoms with Gasteiger partial charge in [-0.3, -0.25) is 23.4 Å². The third-order valence-corrected chi connectivity index (χ3v) is 11.1. The zero-order valence-electron chi connectivity index (χ0n) is 40.2. The first-order chi connectivity index (χ1) is 31.2. The molecule has 0 aromatic rings. The van der Waals surface area contributed by atoms with Gasteiger partial charge in [-0.1, -0.05) is 177 Å². The zero-order chi connectivity index (χ0) is 47.0. The summed E-state index contributed by atoms with van der Waals surface area (Å²) in [5, 5.41) is 9.72. The number of esters is 3. The quantitative estimate of drug-likeness (QED) is 0.0197. The van der Waals surface area contributed by atoms with Crippen molar-refractivity contribution in [2.45, 2.75) is 213 Å². The average Bonchev–Trinajstić information content (AvgIpc) is 3.28.